The van der Waals surface area contributed by atoms with E-state index in [0.717, 1.165) is 69.1 Å². The van der Waals surface area contributed by atoms with Gasteiger partial charge in [0.15, 0.2) is 0 Å². The molecule has 0 saturated carbocycles. The van der Waals surface area contributed by atoms with Crippen molar-refractivity contribution >= 4 is 33.4 Å². The number of anilines is 2. The molecule has 0 amide bonds. The van der Waals surface area contributed by atoms with Gasteiger partial charge in [-0.05, 0) is 124 Å². The van der Waals surface area contributed by atoms with Crippen molar-refractivity contribution in [3.05, 3.63) is 70.8 Å². The molecular formula is C39H62N6. The third kappa shape index (κ3) is 12.6. The van der Waals surface area contributed by atoms with Crippen molar-refractivity contribution in [1.29, 1.82) is 0 Å². The van der Waals surface area contributed by atoms with Crippen LogP contribution in [0.2, 0.25) is 0 Å². The fraction of sp³-hybridized carbons (Fsp3) is 0.538. The molecule has 4 aromatic rings. The van der Waals surface area contributed by atoms with E-state index >= 15 is 0 Å². The highest BCUT2D eigenvalue weighted by molar-refractivity contribution is 5.84. The van der Waals surface area contributed by atoms with E-state index in [4.69, 9.17) is 22.9 Å². The first-order valence-electron chi connectivity index (χ1n) is 17.3. The minimum Gasteiger partial charge on any atom is -0.383 e. The van der Waals surface area contributed by atoms with Gasteiger partial charge in [-0.3, -0.25) is 0 Å². The minimum atomic E-state index is 0. The zero-order valence-electron chi connectivity index (χ0n) is 27.6. The van der Waals surface area contributed by atoms with Crippen molar-refractivity contribution in [2.45, 2.75) is 124 Å². The molecule has 0 aliphatic carbocycles. The largest absolute Gasteiger partial charge is 0.383 e. The molecule has 0 radical (unpaired) electrons. The van der Waals surface area contributed by atoms with Gasteiger partial charge in [0.25, 0.3) is 0 Å². The first-order valence-corrected chi connectivity index (χ1v) is 17.3. The number of hydrogen-bond acceptors (Lipinski definition) is 6. The van der Waals surface area contributed by atoms with Crippen molar-refractivity contribution in [3.63, 3.8) is 0 Å². The highest BCUT2D eigenvalue weighted by atomic mass is 14.8. The van der Waals surface area contributed by atoms with Gasteiger partial charge in [-0.25, -0.2) is 9.97 Å². The summed E-state index contributed by atoms with van der Waals surface area (Å²) >= 11 is 0. The number of pyridine rings is 2. The third-order valence-electron chi connectivity index (χ3n) is 8.45. The van der Waals surface area contributed by atoms with Crippen LogP contribution >= 0.6 is 0 Å². The maximum absolute atomic E-state index is 6.16. The molecule has 0 aliphatic heterocycles. The van der Waals surface area contributed by atoms with Gasteiger partial charge in [0.05, 0.1) is 11.0 Å². The van der Waals surface area contributed by atoms with Crippen molar-refractivity contribution in [1.82, 2.24) is 9.97 Å². The van der Waals surface area contributed by atoms with E-state index in [2.05, 4.69) is 72.3 Å². The molecule has 2 aromatic heterocycles. The third-order valence-corrected chi connectivity index (χ3v) is 8.45. The lowest BCUT2D eigenvalue weighted by Crippen LogP contribution is -2.02. The Labute approximate surface area is 273 Å². The van der Waals surface area contributed by atoms with E-state index in [1.165, 1.54) is 90.8 Å². The predicted octanol–water partition coefficient (Wildman–Crippen LogP) is 9.08. The highest BCUT2D eigenvalue weighted by Gasteiger charge is 2.08. The van der Waals surface area contributed by atoms with E-state index in [1.54, 1.807) is 0 Å². The Morgan fingerprint density at radius 1 is 0.533 bits per heavy atom. The summed E-state index contributed by atoms with van der Waals surface area (Å²) in [4.78, 5) is 9.26. The number of nitrogens with two attached hydrogens (primary N) is 4. The van der Waals surface area contributed by atoms with Gasteiger partial charge in [-0.15, -0.1) is 0 Å². The normalized spacial score (nSPS) is 10.9. The highest BCUT2D eigenvalue weighted by Crippen LogP contribution is 2.25. The number of rotatable bonds is 18. The maximum Gasteiger partial charge on any atom is 0.127 e. The van der Waals surface area contributed by atoms with E-state index in [9.17, 15) is 0 Å². The van der Waals surface area contributed by atoms with Crippen LogP contribution in [0.15, 0.2) is 48.5 Å². The number of benzene rings is 2. The van der Waals surface area contributed by atoms with E-state index in [0.29, 0.717) is 11.6 Å². The average Bonchev–Trinajstić information content (AvgIpc) is 3.02. The molecule has 0 spiro atoms. The van der Waals surface area contributed by atoms with E-state index in [-0.39, 0.29) is 7.43 Å². The number of aryl methyl sites for hydroxylation is 4. The number of unbranched alkanes of at least 4 members (excludes halogenated alkanes) is 8. The van der Waals surface area contributed by atoms with Crippen LogP contribution < -0.4 is 22.9 Å². The molecule has 2 heterocycles. The van der Waals surface area contributed by atoms with Crippen molar-refractivity contribution in [2.24, 2.45) is 11.5 Å². The first-order chi connectivity index (χ1) is 21.5. The summed E-state index contributed by atoms with van der Waals surface area (Å²) in [7, 11) is 0. The van der Waals surface area contributed by atoms with Crippen molar-refractivity contribution in [2.75, 3.05) is 24.6 Å². The van der Waals surface area contributed by atoms with Crippen LogP contribution in [0, 0.1) is 0 Å². The van der Waals surface area contributed by atoms with Gasteiger partial charge >= 0.3 is 0 Å². The number of para-hydroxylation sites is 1. The Morgan fingerprint density at radius 2 is 1.09 bits per heavy atom. The number of nitrogens with zero attached hydrogens (tertiary/aromatic N) is 2. The predicted molar refractivity (Wildman–Crippen MR) is 199 cm³/mol. The molecule has 2 aromatic carbocycles. The van der Waals surface area contributed by atoms with Gasteiger partial charge in [0.2, 0.25) is 0 Å². The Balaban J connectivity index is 0.000000308. The lowest BCUT2D eigenvalue weighted by molar-refractivity contribution is 0.647. The molecule has 0 saturated heterocycles. The number of fused-ring (bicyclic) bond motifs is 2. The summed E-state index contributed by atoms with van der Waals surface area (Å²) in [6.07, 6.45) is 18.6. The minimum absolute atomic E-state index is 0. The summed E-state index contributed by atoms with van der Waals surface area (Å²) in [5, 5.41) is 2.44. The molecule has 0 fully saturated rings. The van der Waals surface area contributed by atoms with Crippen LogP contribution in [0.25, 0.3) is 21.8 Å². The average molecular weight is 615 g/mol. The van der Waals surface area contributed by atoms with Crippen molar-refractivity contribution < 1.29 is 0 Å². The van der Waals surface area contributed by atoms with Crippen LogP contribution in [0.3, 0.4) is 0 Å². The molecule has 0 bridgehead atoms. The Kier molecular flexibility index (Phi) is 18.1. The van der Waals surface area contributed by atoms with Gasteiger partial charge in [0.1, 0.15) is 11.6 Å². The quantitative estimate of drug-likeness (QED) is 0.0827. The topological polar surface area (TPSA) is 130 Å². The van der Waals surface area contributed by atoms with E-state index in [1.807, 2.05) is 0 Å². The second-order valence-electron chi connectivity index (χ2n) is 12.2. The van der Waals surface area contributed by atoms with Gasteiger partial charge in [-0.2, -0.15) is 0 Å². The van der Waals surface area contributed by atoms with Crippen molar-refractivity contribution in [3.8, 4) is 0 Å². The Hall–Kier alpha value is -3.22. The number of hydrogen-bond donors (Lipinski definition) is 4. The monoisotopic (exact) mass is 615 g/mol. The Morgan fingerprint density at radius 3 is 1.76 bits per heavy atom. The number of nitrogen functional groups attached to an aromatic ring is 2. The molecule has 45 heavy (non-hydrogen) atoms. The molecule has 8 N–H and O–H groups in total. The van der Waals surface area contributed by atoms with E-state index < -0.39 is 0 Å². The molecule has 248 valence electrons. The summed E-state index contributed by atoms with van der Waals surface area (Å²) in [6, 6.07) is 17.5. The summed E-state index contributed by atoms with van der Waals surface area (Å²) in [5.41, 5.74) is 30.5. The fourth-order valence-electron chi connectivity index (χ4n) is 5.78. The smallest absolute Gasteiger partial charge is 0.127 e. The van der Waals surface area contributed by atoms with Crippen LogP contribution in [0.5, 0.6) is 0 Å². The van der Waals surface area contributed by atoms with Gasteiger partial charge in [0, 0.05) is 10.8 Å². The molecule has 4 rings (SSSR count). The second-order valence-corrected chi connectivity index (χ2v) is 12.2. The lowest BCUT2D eigenvalue weighted by Gasteiger charge is -2.10. The van der Waals surface area contributed by atoms with Gasteiger partial charge in [-0.1, -0.05) is 84.1 Å². The summed E-state index contributed by atoms with van der Waals surface area (Å²) < 4.78 is 0. The summed E-state index contributed by atoms with van der Waals surface area (Å²) in [5.74, 6) is 1.40. The molecule has 0 atom stereocenters. The first kappa shape index (κ1) is 38.0. The zero-order chi connectivity index (χ0) is 31.6. The second kappa shape index (κ2) is 21.5. The molecule has 0 aliphatic rings. The van der Waals surface area contributed by atoms with Crippen LogP contribution in [0.4, 0.5) is 11.6 Å². The standard InChI is InChI=1S/C20H31N3.C18H27N3.CH4/c1-2-3-6-10-17-15-18-14-16(9-7-4-5-8-13-21)11-12-19(18)23-20(17)22;1-2-3-4-9-16-13-15-11-7-10-14(8-5-6-12-19)17(15)21-18(16)20;/h11-12,14-15H,2-10,13,21H2,1H3,(H2,22,23);7,10-11,13H,2-6,8-9,12,19H2,1H3,(H2,20,21);1H4. The molecule has 6 nitrogen and oxygen atoms in total. The Bertz CT molecular complexity index is 1400. The maximum atomic E-state index is 6.16. The molecule has 0 unspecified atom stereocenters. The lowest BCUT2D eigenvalue weighted by atomic mass is 10.0. The SMILES string of the molecule is C.CCCCCc1cc2cc(CCCCCCN)ccc2nc1N.CCCCCc1cc2cccc(CCCCN)c2nc1N. The zero-order valence-corrected chi connectivity index (χ0v) is 27.6. The molecule has 6 heteroatoms. The summed E-state index contributed by atoms with van der Waals surface area (Å²) in [6.45, 7) is 6.00. The van der Waals surface area contributed by atoms with Crippen LogP contribution in [0.1, 0.15) is 121 Å². The van der Waals surface area contributed by atoms with Crippen LogP contribution in [-0.2, 0) is 25.7 Å². The molecular weight excluding hydrogens is 552 g/mol. The van der Waals surface area contributed by atoms with Gasteiger partial charge < -0.3 is 22.9 Å². The fourth-order valence-corrected chi connectivity index (χ4v) is 5.78. The number of aromatic nitrogens is 2. The van der Waals surface area contributed by atoms with Crippen LogP contribution in [-0.4, -0.2) is 23.1 Å².